The van der Waals surface area contributed by atoms with E-state index in [9.17, 15) is 4.79 Å². The fraction of sp³-hybridized carbons (Fsp3) is 0.636. The number of likely N-dealkylation sites (tertiary alicyclic amines) is 2. The van der Waals surface area contributed by atoms with Crippen LogP contribution in [-0.2, 0) is 17.9 Å². The van der Waals surface area contributed by atoms with Crippen molar-refractivity contribution in [3.63, 3.8) is 0 Å². The number of hydrogen-bond acceptors (Lipinski definition) is 7. The van der Waals surface area contributed by atoms with E-state index >= 15 is 0 Å². The van der Waals surface area contributed by atoms with Crippen molar-refractivity contribution in [1.82, 2.24) is 29.9 Å². The molecular weight excluding hydrogens is 380 g/mol. The van der Waals surface area contributed by atoms with Gasteiger partial charge < -0.3 is 9.32 Å². The van der Waals surface area contributed by atoms with Crippen molar-refractivity contribution >= 4 is 5.91 Å². The fourth-order valence-corrected chi connectivity index (χ4v) is 4.72. The van der Waals surface area contributed by atoms with E-state index < -0.39 is 0 Å². The maximum atomic E-state index is 13.0. The van der Waals surface area contributed by atoms with E-state index in [1.807, 2.05) is 19.4 Å². The summed E-state index contributed by atoms with van der Waals surface area (Å²) in [6, 6.07) is 4.77. The fourth-order valence-electron chi connectivity index (χ4n) is 4.72. The largest absolute Gasteiger partial charge is 0.424 e. The minimum absolute atomic E-state index is 0.0580. The highest BCUT2D eigenvalue weighted by molar-refractivity contribution is 5.78. The first kappa shape index (κ1) is 20.9. The van der Waals surface area contributed by atoms with E-state index in [4.69, 9.17) is 4.42 Å². The standard InChI is InChI=1S/C22H32N6O2/c1-17-24-25-21(30-17)16-26(2)22(29)19-4-3-11-28(15-19)20-7-12-27(13-8-20)14-18-5-9-23-10-6-18/h5-6,9-10,19-20H,3-4,7-8,11-16H2,1-2H3/t19-/m1/s1. The van der Waals surface area contributed by atoms with E-state index in [1.54, 1.807) is 11.8 Å². The van der Waals surface area contributed by atoms with Crippen LogP contribution in [0.1, 0.15) is 43.0 Å². The molecule has 2 aliphatic rings. The highest BCUT2D eigenvalue weighted by atomic mass is 16.4. The van der Waals surface area contributed by atoms with Crippen LogP contribution in [0.25, 0.3) is 0 Å². The van der Waals surface area contributed by atoms with Gasteiger partial charge in [0.05, 0.1) is 12.5 Å². The zero-order chi connectivity index (χ0) is 20.9. The lowest BCUT2D eigenvalue weighted by Crippen LogP contribution is -2.50. The summed E-state index contributed by atoms with van der Waals surface area (Å²) in [6.45, 7) is 7.32. The molecule has 0 saturated carbocycles. The van der Waals surface area contributed by atoms with Crippen LogP contribution in [0.5, 0.6) is 0 Å². The maximum absolute atomic E-state index is 13.0. The molecule has 1 atom stereocenters. The van der Waals surface area contributed by atoms with Crippen LogP contribution in [0.2, 0.25) is 0 Å². The zero-order valence-electron chi connectivity index (χ0n) is 18.0. The van der Waals surface area contributed by atoms with Crippen LogP contribution in [0.4, 0.5) is 0 Å². The number of aromatic nitrogens is 3. The summed E-state index contributed by atoms with van der Waals surface area (Å²) in [5.74, 6) is 1.27. The van der Waals surface area contributed by atoms with Gasteiger partial charge in [-0.2, -0.15) is 0 Å². The molecule has 4 heterocycles. The van der Waals surface area contributed by atoms with Gasteiger partial charge in [0.1, 0.15) is 0 Å². The van der Waals surface area contributed by atoms with Crippen molar-refractivity contribution in [1.29, 1.82) is 0 Å². The number of carbonyl (C=O) groups excluding carboxylic acids is 1. The number of aryl methyl sites for hydroxylation is 1. The molecule has 162 valence electrons. The molecule has 2 aromatic heterocycles. The molecule has 1 amide bonds. The summed E-state index contributed by atoms with van der Waals surface area (Å²) in [4.78, 5) is 23.9. The lowest BCUT2D eigenvalue weighted by Gasteiger charge is -2.42. The molecule has 4 rings (SSSR count). The number of nitrogens with zero attached hydrogens (tertiary/aromatic N) is 6. The van der Waals surface area contributed by atoms with Gasteiger partial charge >= 0.3 is 0 Å². The molecule has 2 fully saturated rings. The molecule has 0 N–H and O–H groups in total. The molecular formula is C22H32N6O2. The highest BCUT2D eigenvalue weighted by Crippen LogP contribution is 2.25. The molecule has 0 radical (unpaired) electrons. The molecule has 30 heavy (non-hydrogen) atoms. The van der Waals surface area contributed by atoms with Crippen molar-refractivity contribution in [2.75, 3.05) is 33.2 Å². The second-order valence-electron chi connectivity index (χ2n) is 8.61. The summed E-state index contributed by atoms with van der Waals surface area (Å²) in [7, 11) is 1.83. The second kappa shape index (κ2) is 9.66. The molecule has 0 aromatic carbocycles. The van der Waals surface area contributed by atoms with Crippen LogP contribution in [0.15, 0.2) is 28.9 Å². The molecule has 0 bridgehead atoms. The third-order valence-corrected chi connectivity index (χ3v) is 6.35. The topological polar surface area (TPSA) is 78.6 Å². The average Bonchev–Trinajstić information content (AvgIpc) is 3.19. The van der Waals surface area contributed by atoms with Gasteiger partial charge in [0.25, 0.3) is 0 Å². The van der Waals surface area contributed by atoms with Crippen molar-refractivity contribution in [3.8, 4) is 0 Å². The molecule has 0 spiro atoms. The minimum Gasteiger partial charge on any atom is -0.424 e. The van der Waals surface area contributed by atoms with Gasteiger partial charge in [-0.25, -0.2) is 0 Å². The number of amides is 1. The highest BCUT2D eigenvalue weighted by Gasteiger charge is 2.33. The molecule has 0 aliphatic carbocycles. The average molecular weight is 413 g/mol. The van der Waals surface area contributed by atoms with E-state index in [1.165, 1.54) is 18.4 Å². The van der Waals surface area contributed by atoms with Crippen LogP contribution >= 0.6 is 0 Å². The van der Waals surface area contributed by atoms with Crippen LogP contribution in [0.3, 0.4) is 0 Å². The Morgan fingerprint density at radius 3 is 2.63 bits per heavy atom. The van der Waals surface area contributed by atoms with E-state index in [2.05, 4.69) is 37.1 Å². The Morgan fingerprint density at radius 2 is 1.93 bits per heavy atom. The van der Waals surface area contributed by atoms with Crippen LogP contribution < -0.4 is 0 Å². The minimum atomic E-state index is 0.0580. The first-order valence-electron chi connectivity index (χ1n) is 11.0. The van der Waals surface area contributed by atoms with Gasteiger partial charge in [-0.05, 0) is 63.0 Å². The normalized spacial score (nSPS) is 21.6. The van der Waals surface area contributed by atoms with Gasteiger partial charge in [0, 0.05) is 45.5 Å². The Hall–Kier alpha value is -2.32. The monoisotopic (exact) mass is 412 g/mol. The number of hydrogen-bond donors (Lipinski definition) is 0. The first-order chi connectivity index (χ1) is 14.6. The number of carbonyl (C=O) groups is 1. The number of piperidine rings is 2. The predicted molar refractivity (Wildman–Crippen MR) is 112 cm³/mol. The third kappa shape index (κ3) is 5.23. The first-order valence-corrected chi connectivity index (χ1v) is 11.0. The Balaban J connectivity index is 1.26. The Morgan fingerprint density at radius 1 is 1.17 bits per heavy atom. The molecule has 0 unspecified atom stereocenters. The summed E-state index contributed by atoms with van der Waals surface area (Å²) >= 11 is 0. The van der Waals surface area contributed by atoms with Crippen LogP contribution in [0, 0.1) is 12.8 Å². The smallest absolute Gasteiger partial charge is 0.235 e. The zero-order valence-corrected chi connectivity index (χ0v) is 18.0. The quantitative estimate of drug-likeness (QED) is 0.719. The molecule has 2 aromatic rings. The second-order valence-corrected chi connectivity index (χ2v) is 8.61. The number of pyridine rings is 1. The van der Waals surface area contributed by atoms with Gasteiger partial charge in [0.2, 0.25) is 17.7 Å². The van der Waals surface area contributed by atoms with Crippen LogP contribution in [-0.4, -0.2) is 75.1 Å². The summed E-state index contributed by atoms with van der Waals surface area (Å²) in [5, 5.41) is 7.86. The lowest BCUT2D eigenvalue weighted by atomic mass is 9.93. The summed E-state index contributed by atoms with van der Waals surface area (Å²) in [5.41, 5.74) is 1.33. The molecule has 8 heteroatoms. The molecule has 2 aliphatic heterocycles. The summed E-state index contributed by atoms with van der Waals surface area (Å²) < 4.78 is 5.43. The third-order valence-electron chi connectivity index (χ3n) is 6.35. The Bertz CT molecular complexity index is 818. The van der Waals surface area contributed by atoms with Crippen molar-refractivity contribution in [3.05, 3.63) is 41.9 Å². The predicted octanol–water partition coefficient (Wildman–Crippen LogP) is 2.11. The van der Waals surface area contributed by atoms with Crippen molar-refractivity contribution < 1.29 is 9.21 Å². The van der Waals surface area contributed by atoms with E-state index in [0.717, 1.165) is 45.6 Å². The van der Waals surface area contributed by atoms with Crippen molar-refractivity contribution in [2.24, 2.45) is 5.92 Å². The number of rotatable bonds is 6. The summed E-state index contributed by atoms with van der Waals surface area (Å²) in [6.07, 6.45) is 8.12. The molecule has 2 saturated heterocycles. The lowest BCUT2D eigenvalue weighted by molar-refractivity contribution is -0.137. The van der Waals surface area contributed by atoms with Gasteiger partial charge in [-0.1, -0.05) is 0 Å². The van der Waals surface area contributed by atoms with E-state index in [-0.39, 0.29) is 11.8 Å². The SMILES string of the molecule is Cc1nnc(CN(C)C(=O)[C@@H]2CCCN(C3CCN(Cc4ccncc4)CC3)C2)o1. The maximum Gasteiger partial charge on any atom is 0.235 e. The van der Waals surface area contributed by atoms with Gasteiger partial charge in [0.15, 0.2) is 0 Å². The van der Waals surface area contributed by atoms with Crippen molar-refractivity contribution in [2.45, 2.75) is 51.7 Å². The van der Waals surface area contributed by atoms with Gasteiger partial charge in [-0.3, -0.25) is 19.6 Å². The molecule has 8 nitrogen and oxygen atoms in total. The van der Waals surface area contributed by atoms with E-state index in [0.29, 0.717) is 24.4 Å². The van der Waals surface area contributed by atoms with Gasteiger partial charge in [-0.15, -0.1) is 10.2 Å². The Kier molecular flexibility index (Phi) is 6.74. The Labute approximate surface area is 178 Å².